The molecule has 1 aromatic rings. The van der Waals surface area contributed by atoms with E-state index in [2.05, 4.69) is 96.8 Å². The molecule has 1 heterocycles. The molecule has 184 valence electrons. The van der Waals surface area contributed by atoms with Crippen LogP contribution >= 0.6 is 8.22 Å². The fourth-order valence-corrected chi connectivity index (χ4v) is 10.2. The molecule has 0 aromatic heterocycles. The minimum atomic E-state index is -0.414. The van der Waals surface area contributed by atoms with Crippen LogP contribution in [0.1, 0.15) is 111 Å². The number of nitrogens with zero attached hydrogens (tertiary/aromatic N) is 3. The molecule has 3 fully saturated rings. The Morgan fingerprint density at radius 1 is 0.848 bits per heavy atom. The smallest absolute Gasteiger partial charge is 0.0698 e. The monoisotopic (exact) mass is 469 g/mol. The molecule has 2 aliphatic carbocycles. The van der Waals surface area contributed by atoms with E-state index >= 15 is 0 Å². The predicted octanol–water partition coefficient (Wildman–Crippen LogP) is 8.33. The first kappa shape index (κ1) is 25.3. The molecule has 0 amide bonds. The zero-order valence-electron chi connectivity index (χ0n) is 22.9. The van der Waals surface area contributed by atoms with Gasteiger partial charge >= 0.3 is 0 Å². The molecule has 1 aromatic carbocycles. The van der Waals surface area contributed by atoms with Gasteiger partial charge in [0.1, 0.15) is 0 Å². The number of fused-ring (bicyclic) bond motifs is 2. The maximum atomic E-state index is 5.72. The van der Waals surface area contributed by atoms with Crippen LogP contribution in [0.25, 0.3) is 0 Å². The summed E-state index contributed by atoms with van der Waals surface area (Å²) >= 11 is 0. The van der Waals surface area contributed by atoms with E-state index in [1.807, 2.05) is 0 Å². The molecule has 0 radical (unpaired) electrons. The largest absolute Gasteiger partial charge is 0.263 e. The summed E-state index contributed by atoms with van der Waals surface area (Å²) in [5.74, 6) is 2.48. The fourth-order valence-electron chi connectivity index (χ4n) is 6.40. The van der Waals surface area contributed by atoms with Crippen molar-refractivity contribution in [1.29, 1.82) is 0 Å². The Labute approximate surface area is 205 Å². The third-order valence-electron chi connectivity index (χ3n) is 8.04. The first-order valence-corrected chi connectivity index (χ1v) is 14.7. The van der Waals surface area contributed by atoms with E-state index in [0.717, 1.165) is 5.92 Å². The molecular weight excluding hydrogens is 421 g/mol. The van der Waals surface area contributed by atoms with Gasteiger partial charge in [0.15, 0.2) is 0 Å². The molecule has 3 atom stereocenters. The first-order chi connectivity index (χ1) is 15.3. The Kier molecular flexibility index (Phi) is 6.93. The van der Waals surface area contributed by atoms with E-state index in [0.29, 0.717) is 23.4 Å². The first-order valence-electron chi connectivity index (χ1n) is 13.4. The highest BCUT2D eigenvalue weighted by molar-refractivity contribution is 7.55. The summed E-state index contributed by atoms with van der Waals surface area (Å²) in [6.07, 6.45) is 4.10. The Bertz CT molecular complexity index is 841. The summed E-state index contributed by atoms with van der Waals surface area (Å²) < 4.78 is 5.73. The second kappa shape index (κ2) is 9.03. The normalized spacial score (nSPS) is 28.8. The van der Waals surface area contributed by atoms with Crippen LogP contribution < -0.4 is 0 Å². The second-order valence-corrected chi connectivity index (χ2v) is 15.4. The summed E-state index contributed by atoms with van der Waals surface area (Å²) in [6.45, 7) is 26.2. The minimum Gasteiger partial charge on any atom is -0.263 e. The molecule has 33 heavy (non-hydrogen) atoms. The van der Waals surface area contributed by atoms with Crippen LogP contribution in [0.3, 0.4) is 0 Å². The van der Waals surface area contributed by atoms with Crippen molar-refractivity contribution >= 4 is 19.6 Å². The van der Waals surface area contributed by atoms with Crippen LogP contribution in [-0.4, -0.2) is 44.9 Å². The van der Waals surface area contributed by atoms with Crippen LogP contribution in [0.4, 0.5) is 5.69 Å². The number of benzene rings is 1. The van der Waals surface area contributed by atoms with Crippen molar-refractivity contribution < 1.29 is 0 Å². The SMILES string of the molecule is CC(C)c1cccc(C(C)C)c1N=C1C2CCC(C2)C1P1N(C(C)(C)C)CCN1C(C)(C)C. The van der Waals surface area contributed by atoms with Crippen LogP contribution in [-0.2, 0) is 0 Å². The third kappa shape index (κ3) is 4.72. The van der Waals surface area contributed by atoms with E-state index in [9.17, 15) is 0 Å². The van der Waals surface area contributed by atoms with Gasteiger partial charge in [-0.3, -0.25) is 14.3 Å². The summed E-state index contributed by atoms with van der Waals surface area (Å²) in [5, 5.41) is 0. The summed E-state index contributed by atoms with van der Waals surface area (Å²) in [7, 11) is -0.414. The highest BCUT2D eigenvalue weighted by Crippen LogP contribution is 2.66. The number of para-hydroxylation sites is 1. The summed E-state index contributed by atoms with van der Waals surface area (Å²) in [6, 6.07) is 6.89. The van der Waals surface area contributed by atoms with Gasteiger partial charge in [0.2, 0.25) is 0 Å². The summed E-state index contributed by atoms with van der Waals surface area (Å²) in [4.78, 5) is 5.72. The van der Waals surface area contributed by atoms with Crippen molar-refractivity contribution in [3.05, 3.63) is 29.3 Å². The van der Waals surface area contributed by atoms with Gasteiger partial charge in [0.05, 0.1) is 5.69 Å². The lowest BCUT2D eigenvalue weighted by atomic mass is 9.92. The van der Waals surface area contributed by atoms with Crippen LogP contribution in [0, 0.1) is 11.8 Å². The van der Waals surface area contributed by atoms with Gasteiger partial charge in [-0.05, 0) is 95.6 Å². The Balaban J connectivity index is 1.86. The molecule has 3 nitrogen and oxygen atoms in total. The van der Waals surface area contributed by atoms with E-state index in [1.54, 1.807) is 5.71 Å². The van der Waals surface area contributed by atoms with Crippen molar-refractivity contribution in [3.63, 3.8) is 0 Å². The molecule has 1 aliphatic heterocycles. The molecule has 0 spiro atoms. The third-order valence-corrected chi connectivity index (χ3v) is 11.8. The highest BCUT2D eigenvalue weighted by Gasteiger charge is 2.55. The molecule has 1 saturated heterocycles. The molecule has 2 bridgehead atoms. The van der Waals surface area contributed by atoms with Crippen molar-refractivity contribution in [2.24, 2.45) is 16.8 Å². The van der Waals surface area contributed by atoms with Crippen LogP contribution in [0.2, 0.25) is 0 Å². The number of aliphatic imine (C=N–C) groups is 1. The van der Waals surface area contributed by atoms with Crippen LogP contribution in [0.15, 0.2) is 23.2 Å². The minimum absolute atomic E-state index is 0.192. The van der Waals surface area contributed by atoms with E-state index < -0.39 is 8.22 Å². The van der Waals surface area contributed by atoms with E-state index in [4.69, 9.17) is 4.99 Å². The predicted molar refractivity (Wildman–Crippen MR) is 146 cm³/mol. The lowest BCUT2D eigenvalue weighted by Crippen LogP contribution is -2.44. The van der Waals surface area contributed by atoms with Crippen molar-refractivity contribution in [1.82, 2.24) is 9.34 Å². The fraction of sp³-hybridized carbons (Fsp3) is 0.759. The van der Waals surface area contributed by atoms with Crippen molar-refractivity contribution in [2.45, 2.75) is 117 Å². The Hall–Kier alpha value is -0.760. The standard InChI is InChI=1S/C29H48N3P/c1-19(2)23-12-11-13-24(20(3)4)26(23)30-25-21-14-15-22(18-21)27(25)33-31(28(5,6)7)16-17-32(33)29(8,9)10/h11-13,19-22,27H,14-18H2,1-10H3. The van der Waals surface area contributed by atoms with Gasteiger partial charge in [0.25, 0.3) is 0 Å². The number of rotatable bonds is 4. The molecule has 3 unspecified atom stereocenters. The van der Waals surface area contributed by atoms with Gasteiger partial charge in [-0.15, -0.1) is 0 Å². The van der Waals surface area contributed by atoms with Gasteiger partial charge in [-0.2, -0.15) is 0 Å². The molecule has 4 rings (SSSR count). The molecular formula is C29H48N3P. The lowest BCUT2D eigenvalue weighted by molar-refractivity contribution is 0.271. The van der Waals surface area contributed by atoms with E-state index in [1.165, 1.54) is 49.2 Å². The quantitative estimate of drug-likeness (QED) is 0.413. The van der Waals surface area contributed by atoms with Gasteiger partial charge in [0, 0.05) is 43.8 Å². The molecule has 4 heteroatoms. The Morgan fingerprint density at radius 3 is 1.82 bits per heavy atom. The van der Waals surface area contributed by atoms with E-state index in [-0.39, 0.29) is 11.1 Å². The topological polar surface area (TPSA) is 18.8 Å². The Morgan fingerprint density at radius 2 is 1.36 bits per heavy atom. The zero-order chi connectivity index (χ0) is 24.3. The average molecular weight is 470 g/mol. The maximum Gasteiger partial charge on any atom is 0.0698 e. The van der Waals surface area contributed by atoms with Crippen molar-refractivity contribution in [2.75, 3.05) is 13.1 Å². The van der Waals surface area contributed by atoms with Gasteiger partial charge in [-0.25, -0.2) is 0 Å². The van der Waals surface area contributed by atoms with Gasteiger partial charge < -0.3 is 0 Å². The number of hydrogen-bond acceptors (Lipinski definition) is 3. The van der Waals surface area contributed by atoms with Crippen molar-refractivity contribution in [3.8, 4) is 0 Å². The number of hydrogen-bond donors (Lipinski definition) is 0. The molecule has 3 aliphatic rings. The summed E-state index contributed by atoms with van der Waals surface area (Å²) in [5.41, 5.74) is 6.70. The van der Waals surface area contributed by atoms with Gasteiger partial charge in [-0.1, -0.05) is 45.9 Å². The molecule has 2 saturated carbocycles. The van der Waals surface area contributed by atoms with Crippen LogP contribution in [0.5, 0.6) is 0 Å². The lowest BCUT2D eigenvalue weighted by Gasteiger charge is -2.47. The highest BCUT2D eigenvalue weighted by atomic mass is 31.1. The maximum absolute atomic E-state index is 5.72. The second-order valence-electron chi connectivity index (χ2n) is 13.3. The molecule has 0 N–H and O–H groups in total. The zero-order valence-corrected chi connectivity index (χ0v) is 23.8. The average Bonchev–Trinajstić information content (AvgIpc) is 3.41.